The zero-order valence-electron chi connectivity index (χ0n) is 14.2. The summed E-state index contributed by atoms with van der Waals surface area (Å²) in [5.74, 6) is 0.855. The third-order valence-electron chi connectivity index (χ3n) is 4.43. The number of carbonyl (C=O) groups is 1. The number of rotatable bonds is 7. The summed E-state index contributed by atoms with van der Waals surface area (Å²) in [6, 6.07) is 14.2. The second-order valence-electron chi connectivity index (χ2n) is 6.38. The number of benzene rings is 1. The lowest BCUT2D eigenvalue weighted by Crippen LogP contribution is -2.30. The second kappa shape index (κ2) is 8.99. The molecule has 1 atom stereocenters. The lowest BCUT2D eigenvalue weighted by Gasteiger charge is -2.17. The summed E-state index contributed by atoms with van der Waals surface area (Å²) < 4.78 is 6.80. The Bertz CT molecular complexity index is 676. The molecule has 2 heterocycles. The van der Waals surface area contributed by atoms with Gasteiger partial charge in [0, 0.05) is 36.1 Å². The first-order chi connectivity index (χ1) is 12.2. The molecule has 0 N–H and O–H groups in total. The summed E-state index contributed by atoms with van der Waals surface area (Å²) in [5.41, 5.74) is 1.34. The Morgan fingerprint density at radius 3 is 2.80 bits per heavy atom. The number of halogens is 1. The molecule has 25 heavy (non-hydrogen) atoms. The molecule has 5 heteroatoms. The minimum atomic E-state index is 0.0435. The Morgan fingerprint density at radius 2 is 2.04 bits per heavy atom. The van der Waals surface area contributed by atoms with Crippen molar-refractivity contribution < 1.29 is 9.53 Å². The molecule has 0 radical (unpaired) electrons. The van der Waals surface area contributed by atoms with Gasteiger partial charge in [-0.1, -0.05) is 30.3 Å². The van der Waals surface area contributed by atoms with Gasteiger partial charge in [0.05, 0.1) is 6.54 Å². The zero-order chi connectivity index (χ0) is 17.5. The molecule has 1 aromatic heterocycles. The summed E-state index contributed by atoms with van der Waals surface area (Å²) in [5, 5.41) is 0. The van der Waals surface area contributed by atoms with Gasteiger partial charge in [-0.3, -0.25) is 4.79 Å². The van der Waals surface area contributed by atoms with E-state index in [9.17, 15) is 4.79 Å². The van der Waals surface area contributed by atoms with Crippen molar-refractivity contribution in [2.24, 2.45) is 0 Å². The van der Waals surface area contributed by atoms with Crippen LogP contribution in [-0.2, 0) is 11.2 Å². The average Bonchev–Trinajstić information content (AvgIpc) is 3.10. The number of likely N-dealkylation sites (tertiary alicyclic amines) is 1. The molecule has 1 aliphatic rings. The lowest BCUT2D eigenvalue weighted by molar-refractivity contribution is -0.130. The lowest BCUT2D eigenvalue weighted by atomic mass is 10.1. The van der Waals surface area contributed by atoms with Gasteiger partial charge >= 0.3 is 0 Å². The molecule has 0 aliphatic carbocycles. The molecular weight excluding hydrogens is 380 g/mol. The number of unbranched alkanes of at least 4 members (excludes halogenated alkanes) is 1. The fourth-order valence-corrected chi connectivity index (χ4v) is 3.30. The largest absolute Gasteiger partial charge is 0.472 e. The van der Waals surface area contributed by atoms with Gasteiger partial charge in [-0.05, 0) is 46.8 Å². The summed E-state index contributed by atoms with van der Waals surface area (Å²) in [6.07, 6.45) is 6.27. The Labute approximate surface area is 157 Å². The number of aryl methyl sites for hydroxylation is 1. The third-order valence-corrected chi connectivity index (χ3v) is 4.90. The summed E-state index contributed by atoms with van der Waals surface area (Å²) >= 11 is 3.36. The quantitative estimate of drug-likeness (QED) is 0.650. The first kappa shape index (κ1) is 17.9. The standard InChI is InChI=1S/C20H23BrN2O2/c21-17-10-11-19(22-14-17)25-18-12-13-23(15-18)20(24)9-5-4-8-16-6-2-1-3-7-16/h1-3,6-7,10-11,14,18H,4-5,8-9,12-13,15H2/t18-/m1/s1. The SMILES string of the molecule is O=C(CCCCc1ccccc1)N1CC[C@@H](Oc2ccc(Br)cn2)C1. The summed E-state index contributed by atoms with van der Waals surface area (Å²) in [7, 11) is 0. The molecule has 1 amide bonds. The van der Waals surface area contributed by atoms with Gasteiger partial charge in [0.1, 0.15) is 6.10 Å². The maximum atomic E-state index is 12.3. The van der Waals surface area contributed by atoms with E-state index in [1.165, 1.54) is 5.56 Å². The van der Waals surface area contributed by atoms with Crippen molar-refractivity contribution in [1.82, 2.24) is 9.88 Å². The molecule has 3 rings (SSSR count). The minimum Gasteiger partial charge on any atom is -0.472 e. The van der Waals surface area contributed by atoms with Crippen LogP contribution < -0.4 is 4.74 Å². The number of pyridine rings is 1. The van der Waals surface area contributed by atoms with E-state index >= 15 is 0 Å². The number of hydrogen-bond acceptors (Lipinski definition) is 3. The van der Waals surface area contributed by atoms with Crippen LogP contribution in [0.1, 0.15) is 31.2 Å². The molecule has 1 aromatic carbocycles. The van der Waals surface area contributed by atoms with Crippen molar-refractivity contribution >= 4 is 21.8 Å². The third kappa shape index (κ3) is 5.56. The van der Waals surface area contributed by atoms with Gasteiger partial charge in [-0.15, -0.1) is 0 Å². The van der Waals surface area contributed by atoms with Crippen molar-refractivity contribution in [1.29, 1.82) is 0 Å². The van der Waals surface area contributed by atoms with E-state index in [1.54, 1.807) is 6.20 Å². The molecule has 1 fully saturated rings. The normalized spacial score (nSPS) is 16.8. The Hall–Kier alpha value is -1.88. The molecule has 1 aliphatic heterocycles. The highest BCUT2D eigenvalue weighted by molar-refractivity contribution is 9.10. The first-order valence-electron chi connectivity index (χ1n) is 8.80. The topological polar surface area (TPSA) is 42.4 Å². The smallest absolute Gasteiger partial charge is 0.222 e. The van der Waals surface area contributed by atoms with Gasteiger partial charge in [0.2, 0.25) is 11.8 Å². The fraction of sp³-hybridized carbons (Fsp3) is 0.400. The molecule has 132 valence electrons. The van der Waals surface area contributed by atoms with E-state index in [2.05, 4.69) is 45.2 Å². The van der Waals surface area contributed by atoms with Crippen LogP contribution in [0.4, 0.5) is 0 Å². The molecule has 2 aromatic rings. The number of carbonyl (C=O) groups excluding carboxylic acids is 1. The van der Waals surface area contributed by atoms with Crippen LogP contribution >= 0.6 is 15.9 Å². The van der Waals surface area contributed by atoms with Crippen LogP contribution in [-0.4, -0.2) is 35.0 Å². The Morgan fingerprint density at radius 1 is 1.20 bits per heavy atom. The van der Waals surface area contributed by atoms with Crippen molar-refractivity contribution in [3.05, 3.63) is 58.7 Å². The van der Waals surface area contributed by atoms with Crippen LogP contribution in [0.3, 0.4) is 0 Å². The average molecular weight is 403 g/mol. The summed E-state index contributed by atoms with van der Waals surface area (Å²) in [4.78, 5) is 18.5. The van der Waals surface area contributed by atoms with Crippen LogP contribution in [0.5, 0.6) is 5.88 Å². The van der Waals surface area contributed by atoms with Crippen LogP contribution in [0.15, 0.2) is 53.1 Å². The Balaban J connectivity index is 1.36. The van der Waals surface area contributed by atoms with E-state index in [0.717, 1.165) is 36.7 Å². The number of nitrogens with zero attached hydrogens (tertiary/aromatic N) is 2. The van der Waals surface area contributed by atoms with E-state index in [-0.39, 0.29) is 12.0 Å². The number of aromatic nitrogens is 1. The molecule has 0 saturated carbocycles. The van der Waals surface area contributed by atoms with Crippen molar-refractivity contribution in [2.45, 2.75) is 38.2 Å². The van der Waals surface area contributed by atoms with E-state index in [1.807, 2.05) is 23.1 Å². The van der Waals surface area contributed by atoms with E-state index < -0.39 is 0 Å². The van der Waals surface area contributed by atoms with Gasteiger partial charge in [0.25, 0.3) is 0 Å². The number of amides is 1. The first-order valence-corrected chi connectivity index (χ1v) is 9.60. The second-order valence-corrected chi connectivity index (χ2v) is 7.29. The van der Waals surface area contributed by atoms with Gasteiger partial charge < -0.3 is 9.64 Å². The minimum absolute atomic E-state index is 0.0435. The predicted octanol–water partition coefficient (Wildman–Crippen LogP) is 4.24. The molecule has 1 saturated heterocycles. The van der Waals surface area contributed by atoms with Gasteiger partial charge in [-0.25, -0.2) is 4.98 Å². The Kier molecular flexibility index (Phi) is 6.45. The van der Waals surface area contributed by atoms with Gasteiger partial charge in [-0.2, -0.15) is 0 Å². The number of hydrogen-bond donors (Lipinski definition) is 0. The van der Waals surface area contributed by atoms with Crippen molar-refractivity contribution in [2.75, 3.05) is 13.1 Å². The number of ether oxygens (including phenoxy) is 1. The van der Waals surface area contributed by atoms with Crippen LogP contribution in [0.2, 0.25) is 0 Å². The van der Waals surface area contributed by atoms with Crippen LogP contribution in [0, 0.1) is 0 Å². The molecule has 0 bridgehead atoms. The fourth-order valence-electron chi connectivity index (χ4n) is 3.06. The highest BCUT2D eigenvalue weighted by Crippen LogP contribution is 2.19. The monoisotopic (exact) mass is 402 g/mol. The molecule has 0 spiro atoms. The maximum absolute atomic E-state index is 12.3. The van der Waals surface area contributed by atoms with Crippen molar-refractivity contribution in [3.8, 4) is 5.88 Å². The molecular formula is C20H23BrN2O2. The van der Waals surface area contributed by atoms with E-state index in [0.29, 0.717) is 18.8 Å². The zero-order valence-corrected chi connectivity index (χ0v) is 15.8. The van der Waals surface area contributed by atoms with Crippen molar-refractivity contribution in [3.63, 3.8) is 0 Å². The van der Waals surface area contributed by atoms with Gasteiger partial charge in [0.15, 0.2) is 0 Å². The highest BCUT2D eigenvalue weighted by atomic mass is 79.9. The van der Waals surface area contributed by atoms with E-state index in [4.69, 9.17) is 4.74 Å². The maximum Gasteiger partial charge on any atom is 0.222 e. The highest BCUT2D eigenvalue weighted by Gasteiger charge is 2.27. The molecule has 4 nitrogen and oxygen atoms in total. The summed E-state index contributed by atoms with van der Waals surface area (Å²) in [6.45, 7) is 1.44. The predicted molar refractivity (Wildman–Crippen MR) is 102 cm³/mol. The van der Waals surface area contributed by atoms with Crippen LogP contribution in [0.25, 0.3) is 0 Å². The molecule has 0 unspecified atom stereocenters.